The number of halogens is 2. The van der Waals surface area contributed by atoms with Crippen LogP contribution in [-0.4, -0.2) is 17.4 Å². The molecule has 0 heterocycles. The van der Waals surface area contributed by atoms with E-state index in [4.69, 9.17) is 12.2 Å². The molecule has 0 aliphatic rings. The Morgan fingerprint density at radius 1 is 1.23 bits per heavy atom. The maximum atomic E-state index is 13.6. The standard InChI is InChI=1S/C15H11F2NO2S2/c1-20-14(19)10-4-2-3-5-12(10)18-15(21)22-13-7-6-9(16)8-11(13)17/h2-8H,1H3,(H,18,21). The van der Waals surface area contributed by atoms with Crippen molar-refractivity contribution < 1.29 is 18.3 Å². The van der Waals surface area contributed by atoms with Crippen LogP contribution in [0.5, 0.6) is 0 Å². The zero-order valence-corrected chi connectivity index (χ0v) is 13.1. The Labute approximate surface area is 135 Å². The molecule has 0 amide bonds. The molecule has 0 bridgehead atoms. The number of nitrogens with one attached hydrogen (secondary N) is 1. The van der Waals surface area contributed by atoms with Crippen LogP contribution in [0, 0.1) is 11.6 Å². The van der Waals surface area contributed by atoms with E-state index in [1.165, 1.54) is 13.2 Å². The maximum absolute atomic E-state index is 13.6. The Hall–Kier alpha value is -1.99. The van der Waals surface area contributed by atoms with Crippen LogP contribution in [0.3, 0.4) is 0 Å². The Bertz CT molecular complexity index is 722. The lowest BCUT2D eigenvalue weighted by molar-refractivity contribution is 0.0602. The maximum Gasteiger partial charge on any atom is 0.339 e. The van der Waals surface area contributed by atoms with Gasteiger partial charge in [0.1, 0.15) is 16.0 Å². The van der Waals surface area contributed by atoms with Crippen molar-refractivity contribution in [2.75, 3.05) is 12.4 Å². The van der Waals surface area contributed by atoms with E-state index < -0.39 is 17.6 Å². The number of rotatable bonds is 3. The molecule has 2 aromatic rings. The molecule has 2 rings (SSSR count). The Balaban J connectivity index is 2.14. The monoisotopic (exact) mass is 339 g/mol. The van der Waals surface area contributed by atoms with Crippen molar-refractivity contribution in [1.82, 2.24) is 0 Å². The largest absolute Gasteiger partial charge is 0.465 e. The van der Waals surface area contributed by atoms with Gasteiger partial charge in [-0.2, -0.15) is 0 Å². The van der Waals surface area contributed by atoms with E-state index >= 15 is 0 Å². The number of benzene rings is 2. The molecule has 1 N–H and O–H groups in total. The number of carbonyl (C=O) groups excluding carboxylic acids is 1. The molecule has 3 nitrogen and oxygen atoms in total. The molecule has 0 aliphatic heterocycles. The number of thioether (sulfide) groups is 1. The van der Waals surface area contributed by atoms with Crippen molar-refractivity contribution in [2.24, 2.45) is 0 Å². The quantitative estimate of drug-likeness (QED) is 0.514. The minimum Gasteiger partial charge on any atom is -0.465 e. The summed E-state index contributed by atoms with van der Waals surface area (Å²) in [5.41, 5.74) is 0.766. The van der Waals surface area contributed by atoms with Gasteiger partial charge in [-0.05, 0) is 24.3 Å². The summed E-state index contributed by atoms with van der Waals surface area (Å²) < 4.78 is 31.4. The number of carbonyl (C=O) groups is 1. The lowest BCUT2D eigenvalue weighted by atomic mass is 10.2. The highest BCUT2D eigenvalue weighted by molar-refractivity contribution is 8.23. The average Bonchev–Trinajstić information content (AvgIpc) is 2.50. The van der Waals surface area contributed by atoms with Crippen LogP contribution in [0.4, 0.5) is 14.5 Å². The number of hydrogen-bond donors (Lipinski definition) is 1. The van der Waals surface area contributed by atoms with E-state index in [1.54, 1.807) is 24.3 Å². The normalized spacial score (nSPS) is 10.1. The number of thiocarbonyl (C=S) groups is 1. The van der Waals surface area contributed by atoms with Gasteiger partial charge in [-0.3, -0.25) is 0 Å². The van der Waals surface area contributed by atoms with Crippen molar-refractivity contribution in [3.8, 4) is 0 Å². The number of anilines is 1. The molecule has 0 spiro atoms. The fourth-order valence-corrected chi connectivity index (χ4v) is 2.71. The van der Waals surface area contributed by atoms with Gasteiger partial charge in [0, 0.05) is 6.07 Å². The molecule has 0 aliphatic carbocycles. The number of hydrogen-bond acceptors (Lipinski definition) is 4. The smallest absolute Gasteiger partial charge is 0.339 e. The van der Waals surface area contributed by atoms with E-state index in [9.17, 15) is 13.6 Å². The van der Waals surface area contributed by atoms with E-state index in [0.29, 0.717) is 11.3 Å². The molecule has 7 heteroatoms. The van der Waals surface area contributed by atoms with Gasteiger partial charge in [0.2, 0.25) is 0 Å². The second-order valence-electron chi connectivity index (χ2n) is 4.13. The summed E-state index contributed by atoms with van der Waals surface area (Å²) in [6.45, 7) is 0. The zero-order chi connectivity index (χ0) is 16.1. The lowest BCUT2D eigenvalue weighted by Gasteiger charge is -2.11. The molecule has 0 radical (unpaired) electrons. The summed E-state index contributed by atoms with van der Waals surface area (Å²) in [5, 5.41) is 2.85. The van der Waals surface area contributed by atoms with Gasteiger partial charge in [0.25, 0.3) is 0 Å². The molecular formula is C15H11F2NO2S2. The first-order valence-electron chi connectivity index (χ1n) is 6.12. The van der Waals surface area contributed by atoms with Gasteiger partial charge in [0.05, 0.1) is 23.3 Å². The zero-order valence-electron chi connectivity index (χ0n) is 11.4. The van der Waals surface area contributed by atoms with Gasteiger partial charge in [-0.25, -0.2) is 13.6 Å². The van der Waals surface area contributed by atoms with E-state index in [0.717, 1.165) is 23.9 Å². The van der Waals surface area contributed by atoms with Crippen molar-refractivity contribution in [3.63, 3.8) is 0 Å². The minimum atomic E-state index is -0.699. The summed E-state index contributed by atoms with van der Waals surface area (Å²) in [7, 11) is 1.28. The summed E-state index contributed by atoms with van der Waals surface area (Å²) in [6, 6.07) is 9.88. The SMILES string of the molecule is COC(=O)c1ccccc1NC(=S)Sc1ccc(F)cc1F. The van der Waals surface area contributed by atoms with Gasteiger partial charge >= 0.3 is 5.97 Å². The van der Waals surface area contributed by atoms with Crippen molar-refractivity contribution in [1.29, 1.82) is 0 Å². The highest BCUT2D eigenvalue weighted by Crippen LogP contribution is 2.26. The fraction of sp³-hybridized carbons (Fsp3) is 0.0667. The number of esters is 1. The third-order valence-corrected chi connectivity index (χ3v) is 3.86. The highest BCUT2D eigenvalue weighted by Gasteiger charge is 2.13. The van der Waals surface area contributed by atoms with E-state index in [2.05, 4.69) is 10.1 Å². The molecule has 0 atom stereocenters. The first kappa shape index (κ1) is 16.4. The summed E-state index contributed by atoms with van der Waals surface area (Å²) in [5.74, 6) is -1.86. The second kappa shape index (κ2) is 7.33. The Kier molecular flexibility index (Phi) is 5.46. The summed E-state index contributed by atoms with van der Waals surface area (Å²) in [4.78, 5) is 11.8. The molecule has 22 heavy (non-hydrogen) atoms. The van der Waals surface area contributed by atoms with Crippen molar-refractivity contribution in [3.05, 3.63) is 59.7 Å². The van der Waals surface area contributed by atoms with E-state index in [-0.39, 0.29) is 9.22 Å². The van der Waals surface area contributed by atoms with Crippen LogP contribution in [-0.2, 0) is 4.74 Å². The minimum absolute atomic E-state index is 0.189. The molecule has 0 unspecified atom stereocenters. The van der Waals surface area contributed by atoms with Gasteiger partial charge in [-0.1, -0.05) is 36.1 Å². The van der Waals surface area contributed by atoms with Gasteiger partial charge < -0.3 is 10.1 Å². The molecule has 0 fully saturated rings. The van der Waals surface area contributed by atoms with Crippen LogP contribution >= 0.6 is 24.0 Å². The summed E-state index contributed by atoms with van der Waals surface area (Å²) in [6.07, 6.45) is 0. The first-order valence-corrected chi connectivity index (χ1v) is 7.35. The second-order valence-corrected chi connectivity index (χ2v) is 5.85. The van der Waals surface area contributed by atoms with Crippen LogP contribution in [0.15, 0.2) is 47.4 Å². The molecule has 0 saturated heterocycles. The van der Waals surface area contributed by atoms with Crippen LogP contribution in [0.1, 0.15) is 10.4 Å². The third-order valence-electron chi connectivity index (χ3n) is 2.67. The molecule has 2 aromatic carbocycles. The molecule has 0 saturated carbocycles. The average molecular weight is 339 g/mol. The highest BCUT2D eigenvalue weighted by atomic mass is 32.2. The van der Waals surface area contributed by atoms with Crippen molar-refractivity contribution in [2.45, 2.75) is 4.90 Å². The number of methoxy groups -OCH3 is 1. The van der Waals surface area contributed by atoms with Crippen molar-refractivity contribution >= 4 is 40.0 Å². The molecule has 0 aromatic heterocycles. The fourth-order valence-electron chi connectivity index (χ4n) is 1.67. The van der Waals surface area contributed by atoms with Crippen LogP contribution < -0.4 is 5.32 Å². The lowest BCUT2D eigenvalue weighted by Crippen LogP contribution is -2.11. The molecule has 114 valence electrons. The Morgan fingerprint density at radius 3 is 2.64 bits per heavy atom. The predicted molar refractivity (Wildman–Crippen MR) is 86.2 cm³/mol. The third kappa shape index (κ3) is 4.02. The predicted octanol–water partition coefficient (Wildman–Crippen LogP) is 4.24. The van der Waals surface area contributed by atoms with Crippen LogP contribution in [0.25, 0.3) is 0 Å². The topological polar surface area (TPSA) is 38.3 Å². The van der Waals surface area contributed by atoms with E-state index in [1.807, 2.05) is 0 Å². The first-order chi connectivity index (χ1) is 10.5. The number of ether oxygens (including phenoxy) is 1. The number of para-hydroxylation sites is 1. The Morgan fingerprint density at radius 2 is 1.95 bits per heavy atom. The summed E-state index contributed by atoms with van der Waals surface area (Å²) >= 11 is 6.06. The van der Waals surface area contributed by atoms with Crippen LogP contribution in [0.2, 0.25) is 0 Å². The van der Waals surface area contributed by atoms with Gasteiger partial charge in [0.15, 0.2) is 0 Å². The van der Waals surface area contributed by atoms with Gasteiger partial charge in [-0.15, -0.1) is 0 Å². The molecular weight excluding hydrogens is 328 g/mol.